The molecule has 2 aromatic rings. The molecule has 0 saturated carbocycles. The average molecular weight is 324 g/mol. The maximum Gasteiger partial charge on any atom is 0.258 e. The second kappa shape index (κ2) is 5.18. The highest BCUT2D eigenvalue weighted by molar-refractivity contribution is 7.89. The number of carbonyl (C=O) groups is 1. The van der Waals surface area contributed by atoms with Crippen molar-refractivity contribution in [1.82, 2.24) is 14.5 Å². The summed E-state index contributed by atoms with van der Waals surface area (Å²) < 4.78 is 40.7. The molecule has 1 aliphatic heterocycles. The predicted octanol–water partition coefficient (Wildman–Crippen LogP) is 0.253. The smallest absolute Gasteiger partial charge is 0.258 e. The van der Waals surface area contributed by atoms with Crippen LogP contribution in [0.15, 0.2) is 41.6 Å². The van der Waals surface area contributed by atoms with Gasteiger partial charge >= 0.3 is 0 Å². The van der Waals surface area contributed by atoms with Gasteiger partial charge in [-0.1, -0.05) is 0 Å². The molecule has 7 nitrogen and oxygen atoms in total. The zero-order chi connectivity index (χ0) is 15.9. The van der Waals surface area contributed by atoms with E-state index in [1.54, 1.807) is 0 Å². The molecule has 2 heterocycles. The van der Waals surface area contributed by atoms with Gasteiger partial charge in [-0.15, -0.1) is 0 Å². The van der Waals surface area contributed by atoms with Crippen LogP contribution in [0.1, 0.15) is 0 Å². The van der Waals surface area contributed by atoms with Crippen LogP contribution in [0, 0.1) is 5.82 Å². The van der Waals surface area contributed by atoms with Gasteiger partial charge in [-0.2, -0.15) is 9.82 Å². The summed E-state index contributed by atoms with van der Waals surface area (Å²) >= 11 is 0. The van der Waals surface area contributed by atoms with Crippen LogP contribution < -0.4 is 9.62 Å². The van der Waals surface area contributed by atoms with E-state index in [0.717, 1.165) is 0 Å². The number of sulfonamides is 1. The fraction of sp³-hybridized carbons (Fsp3) is 0.231. The first-order valence-electron chi connectivity index (χ1n) is 6.46. The number of nitrogens with zero attached hydrogens (tertiary/aromatic N) is 3. The average Bonchev–Trinajstić information content (AvgIpc) is 2.91. The van der Waals surface area contributed by atoms with Crippen LogP contribution >= 0.6 is 0 Å². The Morgan fingerprint density at radius 3 is 2.50 bits per heavy atom. The normalized spacial score (nSPS) is 18.4. The van der Waals surface area contributed by atoms with Gasteiger partial charge in [-0.05, 0) is 30.3 Å². The Morgan fingerprint density at radius 2 is 1.95 bits per heavy atom. The number of hydrogen-bond acceptors (Lipinski definition) is 4. The molecule has 0 aliphatic carbocycles. The lowest BCUT2D eigenvalue weighted by molar-refractivity contribution is -0.124. The number of hydrogen-bond donors (Lipinski definition) is 1. The van der Waals surface area contributed by atoms with E-state index in [9.17, 15) is 17.6 Å². The van der Waals surface area contributed by atoms with Crippen LogP contribution in [0.2, 0.25) is 0 Å². The number of rotatable bonds is 4. The zero-order valence-corrected chi connectivity index (χ0v) is 12.4. The minimum absolute atomic E-state index is 0.0134. The van der Waals surface area contributed by atoms with Crippen molar-refractivity contribution in [3.63, 3.8) is 0 Å². The van der Waals surface area contributed by atoms with Crippen LogP contribution in [0.5, 0.6) is 0 Å². The number of β-lactam (4-membered cyclic amide) rings is 1. The Balaban J connectivity index is 1.71. The topological polar surface area (TPSA) is 84.3 Å². The molecule has 1 unspecified atom stereocenters. The van der Waals surface area contributed by atoms with Gasteiger partial charge in [0.1, 0.15) is 11.9 Å². The lowest BCUT2D eigenvalue weighted by Gasteiger charge is -2.38. The minimum atomic E-state index is -3.81. The van der Waals surface area contributed by atoms with Crippen LogP contribution in [-0.2, 0) is 21.9 Å². The lowest BCUT2D eigenvalue weighted by Crippen LogP contribution is -2.64. The van der Waals surface area contributed by atoms with E-state index in [2.05, 4.69) is 9.82 Å². The molecular formula is C13H13FN4O3S. The van der Waals surface area contributed by atoms with Crippen LogP contribution in [-0.4, -0.2) is 36.7 Å². The van der Waals surface area contributed by atoms with Crippen LogP contribution in [0.4, 0.5) is 10.1 Å². The third-order valence-electron chi connectivity index (χ3n) is 3.42. The molecule has 116 valence electrons. The van der Waals surface area contributed by atoms with Crippen molar-refractivity contribution in [1.29, 1.82) is 0 Å². The summed E-state index contributed by atoms with van der Waals surface area (Å²) in [6.07, 6.45) is 1.36. The van der Waals surface area contributed by atoms with Crippen molar-refractivity contribution >= 4 is 21.6 Å². The molecule has 1 atom stereocenters. The summed E-state index contributed by atoms with van der Waals surface area (Å²) in [7, 11) is -2.31. The van der Waals surface area contributed by atoms with E-state index < -0.39 is 21.9 Å². The Labute approximate surface area is 126 Å². The maximum atomic E-state index is 12.9. The Hall–Kier alpha value is -2.26. The fourth-order valence-electron chi connectivity index (χ4n) is 2.24. The SMILES string of the molecule is Cn1nccc1S(=O)(=O)NC1CN(c2ccc(F)cc2)C1=O. The standard InChI is InChI=1S/C13H13FN4O3S/c1-17-12(6-7-15-17)22(20,21)16-11-8-18(13(11)19)10-4-2-9(14)3-5-10/h2-7,11,16H,8H2,1H3. The van der Waals surface area contributed by atoms with Gasteiger partial charge in [0.2, 0.25) is 5.91 Å². The van der Waals surface area contributed by atoms with Crippen LogP contribution in [0.25, 0.3) is 0 Å². The van der Waals surface area contributed by atoms with Gasteiger partial charge in [-0.25, -0.2) is 12.8 Å². The quantitative estimate of drug-likeness (QED) is 0.817. The minimum Gasteiger partial charge on any atom is -0.309 e. The van der Waals surface area contributed by atoms with E-state index in [1.165, 1.54) is 53.2 Å². The molecule has 1 fully saturated rings. The van der Waals surface area contributed by atoms with E-state index in [4.69, 9.17) is 0 Å². The highest BCUT2D eigenvalue weighted by atomic mass is 32.2. The third-order valence-corrected chi connectivity index (χ3v) is 4.96. The van der Waals surface area contributed by atoms with E-state index in [0.29, 0.717) is 5.69 Å². The summed E-state index contributed by atoms with van der Waals surface area (Å²) in [5.74, 6) is -0.775. The second-order valence-electron chi connectivity index (χ2n) is 4.89. The number of halogens is 1. The highest BCUT2D eigenvalue weighted by Crippen LogP contribution is 2.23. The molecule has 0 radical (unpaired) electrons. The summed E-state index contributed by atoms with van der Waals surface area (Å²) in [6, 6.07) is 5.96. The molecular weight excluding hydrogens is 311 g/mol. The van der Waals surface area contributed by atoms with Gasteiger partial charge in [0.05, 0.1) is 12.7 Å². The van der Waals surface area contributed by atoms with E-state index in [1.807, 2.05) is 0 Å². The summed E-state index contributed by atoms with van der Waals surface area (Å²) in [4.78, 5) is 13.4. The van der Waals surface area contributed by atoms with E-state index in [-0.39, 0.29) is 17.5 Å². The fourth-order valence-corrected chi connectivity index (χ4v) is 3.55. The van der Waals surface area contributed by atoms with Crippen molar-refractivity contribution in [2.24, 2.45) is 7.05 Å². The lowest BCUT2D eigenvalue weighted by atomic mass is 10.1. The molecule has 1 aromatic carbocycles. The molecule has 1 aliphatic rings. The second-order valence-corrected chi connectivity index (χ2v) is 6.55. The predicted molar refractivity (Wildman–Crippen MR) is 76.1 cm³/mol. The van der Waals surface area contributed by atoms with Gasteiger partial charge in [0, 0.05) is 12.7 Å². The number of aryl methyl sites for hydroxylation is 1. The van der Waals surface area contributed by atoms with Gasteiger partial charge in [0.15, 0.2) is 5.03 Å². The molecule has 0 bridgehead atoms. The number of carbonyl (C=O) groups excluding carboxylic acids is 1. The number of nitrogens with one attached hydrogen (secondary N) is 1. The van der Waals surface area contributed by atoms with Crippen molar-refractivity contribution in [3.05, 3.63) is 42.3 Å². The molecule has 1 amide bonds. The largest absolute Gasteiger partial charge is 0.309 e. The number of aromatic nitrogens is 2. The molecule has 22 heavy (non-hydrogen) atoms. The Morgan fingerprint density at radius 1 is 1.27 bits per heavy atom. The van der Waals surface area contributed by atoms with Gasteiger partial charge in [-0.3, -0.25) is 9.48 Å². The Kier molecular flexibility index (Phi) is 3.45. The molecule has 3 rings (SSSR count). The first-order valence-corrected chi connectivity index (χ1v) is 7.94. The molecule has 1 N–H and O–H groups in total. The number of amides is 1. The molecule has 1 aromatic heterocycles. The van der Waals surface area contributed by atoms with Crippen molar-refractivity contribution in [2.45, 2.75) is 11.1 Å². The summed E-state index contributed by atoms with van der Waals surface area (Å²) in [5.41, 5.74) is 0.530. The molecule has 0 spiro atoms. The third kappa shape index (κ3) is 2.48. The van der Waals surface area contributed by atoms with Crippen molar-refractivity contribution < 1.29 is 17.6 Å². The molecule has 1 saturated heterocycles. The first-order chi connectivity index (χ1) is 10.4. The van der Waals surface area contributed by atoms with Gasteiger partial charge in [0.25, 0.3) is 10.0 Å². The first kappa shape index (κ1) is 14.7. The highest BCUT2D eigenvalue weighted by Gasteiger charge is 2.40. The van der Waals surface area contributed by atoms with Crippen molar-refractivity contribution in [2.75, 3.05) is 11.4 Å². The monoisotopic (exact) mass is 324 g/mol. The summed E-state index contributed by atoms with van der Waals surface area (Å²) in [6.45, 7) is 0.196. The van der Waals surface area contributed by atoms with Crippen molar-refractivity contribution in [3.8, 4) is 0 Å². The van der Waals surface area contributed by atoms with E-state index >= 15 is 0 Å². The molecule has 9 heteroatoms. The van der Waals surface area contributed by atoms with Gasteiger partial charge < -0.3 is 4.90 Å². The Bertz CT molecular complexity index is 816. The van der Waals surface area contributed by atoms with Crippen LogP contribution in [0.3, 0.4) is 0 Å². The zero-order valence-electron chi connectivity index (χ0n) is 11.6. The number of anilines is 1. The summed E-state index contributed by atoms with van der Waals surface area (Å²) in [5, 5.41) is 3.78. The number of benzene rings is 1. The maximum absolute atomic E-state index is 12.9.